The molecule has 0 aliphatic heterocycles. The van der Waals surface area contributed by atoms with E-state index in [2.05, 4.69) is 15.6 Å². The highest BCUT2D eigenvalue weighted by Gasteiger charge is 2.19. The summed E-state index contributed by atoms with van der Waals surface area (Å²) < 4.78 is 17.1. The minimum absolute atomic E-state index is 0.0482. The van der Waals surface area contributed by atoms with Crippen LogP contribution < -0.4 is 14.8 Å². The molecular weight excluding hydrogens is 671 g/mol. The van der Waals surface area contributed by atoms with Gasteiger partial charge >= 0.3 is 5.97 Å². The Kier molecular flexibility index (Phi) is 12.1. The van der Waals surface area contributed by atoms with Crippen molar-refractivity contribution in [3.8, 4) is 22.6 Å². The van der Waals surface area contributed by atoms with Crippen molar-refractivity contribution in [2.24, 2.45) is 0 Å². The second-order valence-electron chi connectivity index (χ2n) is 11.2. The van der Waals surface area contributed by atoms with Gasteiger partial charge in [-0.25, -0.2) is 4.63 Å². The van der Waals surface area contributed by atoms with Crippen LogP contribution in [0.25, 0.3) is 22.2 Å². The highest BCUT2D eigenvalue weighted by Crippen LogP contribution is 2.36. The molecule has 11 nitrogen and oxygen atoms in total. The van der Waals surface area contributed by atoms with Gasteiger partial charge in [-0.15, -0.1) is 0 Å². The van der Waals surface area contributed by atoms with Gasteiger partial charge in [-0.2, -0.15) is 0 Å². The molecule has 1 amide bonds. The fourth-order valence-electron chi connectivity index (χ4n) is 5.28. The van der Waals surface area contributed by atoms with Gasteiger partial charge in [0.05, 0.1) is 23.1 Å². The van der Waals surface area contributed by atoms with E-state index in [1.165, 1.54) is 0 Å². The number of carbonyl (C=O) groups is 2. The first kappa shape index (κ1) is 35.6. The van der Waals surface area contributed by atoms with Crippen LogP contribution in [0.1, 0.15) is 36.1 Å². The summed E-state index contributed by atoms with van der Waals surface area (Å²) in [6.07, 6.45) is 0.299. The fraction of sp³-hybridized carbons (Fsp3) is 0.278. The Morgan fingerprint density at radius 2 is 1.63 bits per heavy atom. The molecule has 0 spiro atoms. The van der Waals surface area contributed by atoms with Gasteiger partial charge in [0.25, 0.3) is 0 Å². The predicted molar refractivity (Wildman–Crippen MR) is 186 cm³/mol. The van der Waals surface area contributed by atoms with Crippen molar-refractivity contribution in [1.29, 1.82) is 0 Å². The number of likely N-dealkylation sites (N-methyl/N-ethyl adjacent to an activating group) is 1. The number of nitrogens with one attached hydrogen (secondary N) is 1. The number of carboxylic acid groups (broad SMARTS) is 1. The van der Waals surface area contributed by atoms with E-state index in [0.29, 0.717) is 52.6 Å². The molecule has 13 heteroatoms. The summed E-state index contributed by atoms with van der Waals surface area (Å²) in [5.41, 5.74) is 5.83. The molecule has 0 radical (unpaired) electrons. The lowest BCUT2D eigenvalue weighted by atomic mass is 9.99. The number of aliphatic hydroxyl groups is 1. The van der Waals surface area contributed by atoms with Crippen LogP contribution in [-0.2, 0) is 35.8 Å². The number of fused-ring (bicyclic) bond motifs is 1. The van der Waals surface area contributed by atoms with E-state index in [9.17, 15) is 19.8 Å². The molecule has 0 unspecified atom stereocenters. The zero-order valence-corrected chi connectivity index (χ0v) is 28.5. The number of amides is 1. The van der Waals surface area contributed by atoms with E-state index < -0.39 is 18.6 Å². The van der Waals surface area contributed by atoms with Crippen molar-refractivity contribution in [1.82, 2.24) is 20.5 Å². The molecular formula is C36H36Cl2N4O7. The number of aliphatic carboxylic acids is 1. The molecule has 0 aliphatic carbocycles. The second-order valence-corrected chi connectivity index (χ2v) is 12.0. The van der Waals surface area contributed by atoms with Crippen LogP contribution in [0.2, 0.25) is 10.0 Å². The molecule has 0 aliphatic rings. The Labute approximate surface area is 293 Å². The summed E-state index contributed by atoms with van der Waals surface area (Å²) >= 11 is 13.6. The van der Waals surface area contributed by atoms with E-state index in [1.54, 1.807) is 29.2 Å². The Hall–Kier alpha value is -4.68. The van der Waals surface area contributed by atoms with E-state index in [0.717, 1.165) is 27.8 Å². The highest BCUT2D eigenvalue weighted by molar-refractivity contribution is 6.34. The summed E-state index contributed by atoms with van der Waals surface area (Å²) in [6, 6.07) is 20.9. The number of aliphatic hydroxyl groups excluding tert-OH is 1. The first-order chi connectivity index (χ1) is 23.7. The van der Waals surface area contributed by atoms with Crippen molar-refractivity contribution in [3.63, 3.8) is 0 Å². The van der Waals surface area contributed by atoms with Crippen molar-refractivity contribution < 1.29 is 33.9 Å². The Morgan fingerprint density at radius 3 is 2.39 bits per heavy atom. The summed E-state index contributed by atoms with van der Waals surface area (Å²) in [7, 11) is 0. The largest absolute Gasteiger partial charge is 0.488 e. The van der Waals surface area contributed by atoms with E-state index in [1.807, 2.05) is 62.4 Å². The van der Waals surface area contributed by atoms with Crippen molar-refractivity contribution >= 4 is 46.1 Å². The SMILES string of the molecule is CCN(CC)C(=O)Cc1cccc(-c2cccc(COc3cc(OCc4ccc5nonc5c4)c(CN[C@H](CO)C(=O)O)cc3Cl)c2Cl)c1. The molecule has 4 aromatic carbocycles. The fourth-order valence-corrected chi connectivity index (χ4v) is 5.81. The highest BCUT2D eigenvalue weighted by atomic mass is 35.5. The lowest BCUT2D eigenvalue weighted by Crippen LogP contribution is -2.39. The molecule has 1 aromatic heterocycles. The molecule has 0 saturated heterocycles. The minimum atomic E-state index is -1.19. The molecule has 49 heavy (non-hydrogen) atoms. The second kappa shape index (κ2) is 16.6. The smallest absolute Gasteiger partial charge is 0.323 e. The number of hydrogen-bond donors (Lipinski definition) is 3. The first-order valence-electron chi connectivity index (χ1n) is 15.7. The van der Waals surface area contributed by atoms with Crippen LogP contribution in [0.15, 0.2) is 77.4 Å². The molecule has 5 aromatic rings. The summed E-state index contributed by atoms with van der Waals surface area (Å²) in [5.74, 6) is -0.402. The Balaban J connectivity index is 1.36. The number of carbonyl (C=O) groups excluding carboxylic acids is 1. The summed E-state index contributed by atoms with van der Waals surface area (Å²) in [6.45, 7) is 4.94. The number of carboxylic acids is 1. The zero-order valence-electron chi connectivity index (χ0n) is 27.0. The van der Waals surface area contributed by atoms with Gasteiger partial charge in [0, 0.05) is 42.4 Å². The quantitative estimate of drug-likeness (QED) is 0.107. The maximum atomic E-state index is 12.7. The molecule has 0 bridgehead atoms. The maximum absolute atomic E-state index is 12.7. The Morgan fingerprint density at radius 1 is 0.878 bits per heavy atom. The molecule has 5 rings (SSSR count). The monoisotopic (exact) mass is 706 g/mol. The van der Waals surface area contributed by atoms with Crippen LogP contribution in [-0.4, -0.2) is 63.0 Å². The van der Waals surface area contributed by atoms with Crippen LogP contribution in [0.5, 0.6) is 11.5 Å². The third-order valence-electron chi connectivity index (χ3n) is 8.02. The van der Waals surface area contributed by atoms with E-state index >= 15 is 0 Å². The number of hydrogen-bond acceptors (Lipinski definition) is 9. The number of halogens is 2. The molecule has 1 heterocycles. The molecule has 0 saturated carbocycles. The van der Waals surface area contributed by atoms with Crippen molar-refractivity contribution in [2.75, 3.05) is 19.7 Å². The summed E-state index contributed by atoms with van der Waals surface area (Å²) in [5, 5.41) is 30.1. The number of nitrogens with zero attached hydrogens (tertiary/aromatic N) is 3. The van der Waals surface area contributed by atoms with Crippen molar-refractivity contribution in [3.05, 3.63) is 105 Å². The van der Waals surface area contributed by atoms with Crippen LogP contribution in [0.4, 0.5) is 0 Å². The van der Waals surface area contributed by atoms with Gasteiger partial charge in [-0.3, -0.25) is 14.9 Å². The van der Waals surface area contributed by atoms with Gasteiger partial charge < -0.3 is 24.6 Å². The molecule has 256 valence electrons. The number of aromatic nitrogens is 2. The van der Waals surface area contributed by atoms with Crippen LogP contribution >= 0.6 is 23.2 Å². The maximum Gasteiger partial charge on any atom is 0.323 e. The normalized spacial score (nSPS) is 11.8. The first-order valence-corrected chi connectivity index (χ1v) is 16.5. The number of ether oxygens (including phenoxy) is 2. The lowest BCUT2D eigenvalue weighted by Gasteiger charge is -2.19. The van der Waals surface area contributed by atoms with Crippen molar-refractivity contribution in [2.45, 2.75) is 46.1 Å². The van der Waals surface area contributed by atoms with E-state index in [-0.39, 0.29) is 30.7 Å². The Bertz CT molecular complexity index is 1930. The summed E-state index contributed by atoms with van der Waals surface area (Å²) in [4.78, 5) is 26.0. The average molecular weight is 708 g/mol. The molecule has 1 atom stereocenters. The van der Waals surface area contributed by atoms with Gasteiger partial charge in [-0.1, -0.05) is 71.7 Å². The topological polar surface area (TPSA) is 147 Å². The van der Waals surface area contributed by atoms with Crippen LogP contribution in [0.3, 0.4) is 0 Å². The standard InChI is InChI=1S/C36H36Cl2N4O7/c1-3-42(4-2)34(44)15-22-7-5-8-24(13-22)27-10-6-9-25(35(27)38)21-48-33-17-32(26(16-28(33)37)18-39-31(19-43)36(45)46)47-20-23-11-12-29-30(14-23)41-49-40-29/h5-14,16-17,31,39,43H,3-4,15,18-21H2,1-2H3,(H,45,46)/t31-/m1/s1. The lowest BCUT2D eigenvalue weighted by molar-refractivity contribution is -0.140. The number of benzene rings is 4. The van der Waals surface area contributed by atoms with Gasteiger partial charge in [0.1, 0.15) is 41.8 Å². The van der Waals surface area contributed by atoms with Crippen LogP contribution in [0, 0.1) is 0 Å². The third kappa shape index (κ3) is 8.87. The minimum Gasteiger partial charge on any atom is -0.488 e. The van der Waals surface area contributed by atoms with Gasteiger partial charge in [0.2, 0.25) is 5.91 Å². The predicted octanol–water partition coefficient (Wildman–Crippen LogP) is 6.30. The molecule has 0 fully saturated rings. The number of rotatable bonds is 16. The van der Waals surface area contributed by atoms with E-state index in [4.69, 9.17) is 37.3 Å². The molecule has 3 N–H and O–H groups in total. The van der Waals surface area contributed by atoms with Gasteiger partial charge in [-0.05, 0) is 59.1 Å². The average Bonchev–Trinajstić information content (AvgIpc) is 3.57. The third-order valence-corrected chi connectivity index (χ3v) is 8.76. The van der Waals surface area contributed by atoms with Gasteiger partial charge in [0.15, 0.2) is 0 Å². The zero-order chi connectivity index (χ0) is 34.9.